The standard InChI is InChI=1S/C19H25N3O/c1-2-22-14-17(12-20-22)13-21-10-6-9-18(15-21)19(23)11-16-7-4-3-5-8-16/h3-5,7-8,12,14,18H,2,6,9-11,13,15H2,1H3/t18-/m1/s1. The van der Waals surface area contributed by atoms with Crippen LogP contribution in [0.2, 0.25) is 0 Å². The van der Waals surface area contributed by atoms with Gasteiger partial charge in [-0.05, 0) is 31.9 Å². The lowest BCUT2D eigenvalue weighted by Gasteiger charge is -2.31. The van der Waals surface area contributed by atoms with Crippen LogP contribution in [-0.4, -0.2) is 33.6 Å². The number of aromatic nitrogens is 2. The average molecular weight is 311 g/mol. The summed E-state index contributed by atoms with van der Waals surface area (Å²) in [6.45, 7) is 5.85. The van der Waals surface area contributed by atoms with E-state index in [9.17, 15) is 4.79 Å². The predicted octanol–water partition coefficient (Wildman–Crippen LogP) is 2.93. The number of hydrogen-bond donors (Lipinski definition) is 0. The molecule has 0 spiro atoms. The van der Waals surface area contributed by atoms with Crippen molar-refractivity contribution in [1.29, 1.82) is 0 Å². The molecule has 1 aliphatic heterocycles. The molecule has 122 valence electrons. The van der Waals surface area contributed by atoms with Gasteiger partial charge in [-0.1, -0.05) is 30.3 Å². The molecule has 1 aliphatic rings. The smallest absolute Gasteiger partial charge is 0.141 e. The van der Waals surface area contributed by atoms with Crippen LogP contribution >= 0.6 is 0 Å². The molecule has 0 unspecified atom stereocenters. The van der Waals surface area contributed by atoms with Crippen LogP contribution in [0, 0.1) is 5.92 Å². The highest BCUT2D eigenvalue weighted by molar-refractivity contribution is 5.83. The summed E-state index contributed by atoms with van der Waals surface area (Å²) >= 11 is 0. The molecule has 2 aromatic rings. The van der Waals surface area contributed by atoms with Gasteiger partial charge in [0, 0.05) is 43.7 Å². The molecule has 1 atom stereocenters. The Morgan fingerprint density at radius 2 is 2.09 bits per heavy atom. The second-order valence-corrected chi connectivity index (χ2v) is 6.41. The molecule has 1 aromatic carbocycles. The van der Waals surface area contributed by atoms with Gasteiger partial charge < -0.3 is 0 Å². The van der Waals surface area contributed by atoms with E-state index in [0.717, 1.165) is 44.6 Å². The molecule has 23 heavy (non-hydrogen) atoms. The van der Waals surface area contributed by atoms with Crippen LogP contribution in [0.4, 0.5) is 0 Å². The number of Topliss-reactive ketones (excluding diaryl/α,β-unsaturated/α-hetero) is 1. The number of carbonyl (C=O) groups is 1. The fraction of sp³-hybridized carbons (Fsp3) is 0.474. The zero-order valence-corrected chi connectivity index (χ0v) is 13.8. The Labute approximate surface area is 138 Å². The van der Waals surface area contributed by atoms with Crippen LogP contribution in [0.5, 0.6) is 0 Å². The Kier molecular flexibility index (Phi) is 5.23. The molecule has 1 saturated heterocycles. The fourth-order valence-corrected chi connectivity index (χ4v) is 3.32. The molecule has 1 fully saturated rings. The Balaban J connectivity index is 1.56. The molecular formula is C19H25N3O. The third kappa shape index (κ3) is 4.29. The van der Waals surface area contributed by atoms with Gasteiger partial charge in [-0.2, -0.15) is 5.10 Å². The van der Waals surface area contributed by atoms with Crippen molar-refractivity contribution >= 4 is 5.78 Å². The molecule has 0 radical (unpaired) electrons. The van der Waals surface area contributed by atoms with Crippen molar-refractivity contribution in [2.75, 3.05) is 13.1 Å². The summed E-state index contributed by atoms with van der Waals surface area (Å²) in [6.07, 6.45) is 6.74. The van der Waals surface area contributed by atoms with E-state index in [1.54, 1.807) is 0 Å². The van der Waals surface area contributed by atoms with Crippen LogP contribution in [0.25, 0.3) is 0 Å². The quantitative estimate of drug-likeness (QED) is 0.823. The van der Waals surface area contributed by atoms with Crippen molar-refractivity contribution in [2.45, 2.75) is 39.3 Å². The Bertz CT molecular complexity index is 635. The van der Waals surface area contributed by atoms with E-state index < -0.39 is 0 Å². The van der Waals surface area contributed by atoms with Gasteiger partial charge in [0.1, 0.15) is 5.78 Å². The molecule has 0 N–H and O–H groups in total. The number of aryl methyl sites for hydroxylation is 1. The van der Waals surface area contributed by atoms with Gasteiger partial charge in [0.25, 0.3) is 0 Å². The van der Waals surface area contributed by atoms with E-state index in [1.807, 2.05) is 41.2 Å². The van der Waals surface area contributed by atoms with Crippen molar-refractivity contribution < 1.29 is 4.79 Å². The number of benzene rings is 1. The Hall–Kier alpha value is -1.94. The zero-order chi connectivity index (χ0) is 16.1. The third-order valence-electron chi connectivity index (χ3n) is 4.60. The number of carbonyl (C=O) groups excluding carboxylic acids is 1. The molecule has 4 nitrogen and oxygen atoms in total. The SMILES string of the molecule is CCn1cc(CN2CCC[C@@H](C(=O)Cc3ccccc3)C2)cn1. The summed E-state index contributed by atoms with van der Waals surface area (Å²) in [5.41, 5.74) is 2.36. The van der Waals surface area contributed by atoms with Crippen molar-refractivity contribution in [3.05, 3.63) is 53.9 Å². The lowest BCUT2D eigenvalue weighted by Crippen LogP contribution is -2.38. The second kappa shape index (κ2) is 7.55. The lowest BCUT2D eigenvalue weighted by molar-refractivity contribution is -0.123. The topological polar surface area (TPSA) is 38.1 Å². The molecule has 0 saturated carbocycles. The molecule has 0 aliphatic carbocycles. The molecule has 0 bridgehead atoms. The monoisotopic (exact) mass is 311 g/mol. The fourth-order valence-electron chi connectivity index (χ4n) is 3.32. The number of ketones is 1. The molecule has 2 heterocycles. The largest absolute Gasteiger partial charge is 0.299 e. The molecule has 0 amide bonds. The summed E-state index contributed by atoms with van der Waals surface area (Å²) in [5, 5.41) is 4.33. The van der Waals surface area contributed by atoms with E-state index >= 15 is 0 Å². The summed E-state index contributed by atoms with van der Waals surface area (Å²) in [7, 11) is 0. The molecule has 4 heteroatoms. The Morgan fingerprint density at radius 3 is 2.83 bits per heavy atom. The van der Waals surface area contributed by atoms with Crippen LogP contribution in [0.1, 0.15) is 30.9 Å². The summed E-state index contributed by atoms with van der Waals surface area (Å²) in [4.78, 5) is 15.0. The van der Waals surface area contributed by atoms with Crippen molar-refractivity contribution in [2.24, 2.45) is 5.92 Å². The first-order valence-corrected chi connectivity index (χ1v) is 8.55. The summed E-state index contributed by atoms with van der Waals surface area (Å²) in [6, 6.07) is 10.1. The predicted molar refractivity (Wildman–Crippen MR) is 91.1 cm³/mol. The number of hydrogen-bond acceptors (Lipinski definition) is 3. The highest BCUT2D eigenvalue weighted by Crippen LogP contribution is 2.21. The minimum Gasteiger partial charge on any atom is -0.299 e. The number of rotatable bonds is 6. The maximum atomic E-state index is 12.6. The second-order valence-electron chi connectivity index (χ2n) is 6.41. The third-order valence-corrected chi connectivity index (χ3v) is 4.60. The number of piperidine rings is 1. The maximum absolute atomic E-state index is 12.6. The summed E-state index contributed by atoms with van der Waals surface area (Å²) in [5.74, 6) is 0.551. The first-order valence-electron chi connectivity index (χ1n) is 8.55. The highest BCUT2D eigenvalue weighted by Gasteiger charge is 2.25. The van der Waals surface area contributed by atoms with Crippen LogP contribution in [0.3, 0.4) is 0 Å². The van der Waals surface area contributed by atoms with Crippen molar-refractivity contribution in [1.82, 2.24) is 14.7 Å². The first kappa shape index (κ1) is 15.9. The number of nitrogens with zero attached hydrogens (tertiary/aromatic N) is 3. The van der Waals surface area contributed by atoms with E-state index in [1.165, 1.54) is 5.56 Å². The summed E-state index contributed by atoms with van der Waals surface area (Å²) < 4.78 is 1.96. The Morgan fingerprint density at radius 1 is 1.26 bits per heavy atom. The minimum atomic E-state index is 0.171. The van der Waals surface area contributed by atoms with Crippen LogP contribution in [-0.2, 0) is 24.3 Å². The van der Waals surface area contributed by atoms with Gasteiger partial charge in [0.05, 0.1) is 6.20 Å². The van der Waals surface area contributed by atoms with Gasteiger partial charge in [-0.15, -0.1) is 0 Å². The van der Waals surface area contributed by atoms with E-state index in [2.05, 4.69) is 23.1 Å². The number of likely N-dealkylation sites (tertiary alicyclic amines) is 1. The van der Waals surface area contributed by atoms with E-state index in [-0.39, 0.29) is 5.92 Å². The van der Waals surface area contributed by atoms with Crippen LogP contribution < -0.4 is 0 Å². The van der Waals surface area contributed by atoms with Crippen molar-refractivity contribution in [3.8, 4) is 0 Å². The molecule has 3 rings (SSSR count). The van der Waals surface area contributed by atoms with Gasteiger partial charge in [0.2, 0.25) is 0 Å². The molecular weight excluding hydrogens is 286 g/mol. The van der Waals surface area contributed by atoms with E-state index in [4.69, 9.17) is 0 Å². The van der Waals surface area contributed by atoms with E-state index in [0.29, 0.717) is 12.2 Å². The zero-order valence-electron chi connectivity index (χ0n) is 13.8. The van der Waals surface area contributed by atoms with Gasteiger partial charge >= 0.3 is 0 Å². The van der Waals surface area contributed by atoms with Crippen molar-refractivity contribution in [3.63, 3.8) is 0 Å². The van der Waals surface area contributed by atoms with Gasteiger partial charge in [-0.3, -0.25) is 14.4 Å². The maximum Gasteiger partial charge on any atom is 0.141 e. The highest BCUT2D eigenvalue weighted by atomic mass is 16.1. The normalized spacial score (nSPS) is 18.9. The average Bonchev–Trinajstić information content (AvgIpc) is 3.03. The first-order chi connectivity index (χ1) is 11.2. The van der Waals surface area contributed by atoms with Crippen LogP contribution in [0.15, 0.2) is 42.7 Å². The lowest BCUT2D eigenvalue weighted by atomic mass is 9.90. The van der Waals surface area contributed by atoms with Gasteiger partial charge in [0.15, 0.2) is 0 Å². The minimum absolute atomic E-state index is 0.171. The van der Waals surface area contributed by atoms with Gasteiger partial charge in [-0.25, -0.2) is 0 Å². The molecule has 1 aromatic heterocycles.